The number of aromatic nitrogens is 2. The van der Waals surface area contributed by atoms with E-state index >= 15 is 0 Å². The summed E-state index contributed by atoms with van der Waals surface area (Å²) < 4.78 is 7.36. The first kappa shape index (κ1) is 17.9. The van der Waals surface area contributed by atoms with Crippen molar-refractivity contribution in [2.24, 2.45) is 0 Å². The molecule has 0 fully saturated rings. The zero-order valence-electron chi connectivity index (χ0n) is 14.1. The van der Waals surface area contributed by atoms with E-state index in [4.69, 9.17) is 4.42 Å². The first-order valence-corrected chi connectivity index (χ1v) is 8.68. The van der Waals surface area contributed by atoms with Crippen LogP contribution in [-0.4, -0.2) is 40.1 Å². The standard InChI is InChI=1S/C18H17BrN4O3/c1-22(17(24)10-20-18(25)15-7-8-16(19)26-15)11-13-9-21-23(12-13)14-5-3-2-4-6-14/h2-9,12H,10-11H2,1H3,(H,20,25). The van der Waals surface area contributed by atoms with Crippen molar-refractivity contribution >= 4 is 27.7 Å². The van der Waals surface area contributed by atoms with Gasteiger partial charge in [-0.1, -0.05) is 18.2 Å². The first-order chi connectivity index (χ1) is 12.5. The summed E-state index contributed by atoms with van der Waals surface area (Å²) in [5.74, 6) is -0.498. The molecule has 0 unspecified atom stereocenters. The van der Waals surface area contributed by atoms with Crippen molar-refractivity contribution in [1.82, 2.24) is 20.0 Å². The molecule has 0 aliphatic rings. The van der Waals surface area contributed by atoms with Gasteiger partial charge in [0, 0.05) is 25.4 Å². The maximum atomic E-state index is 12.2. The summed E-state index contributed by atoms with van der Waals surface area (Å²) in [6.07, 6.45) is 3.59. The van der Waals surface area contributed by atoms with Gasteiger partial charge in [0.1, 0.15) is 0 Å². The molecule has 3 aromatic rings. The molecule has 1 aromatic carbocycles. The van der Waals surface area contributed by atoms with Gasteiger partial charge < -0.3 is 14.6 Å². The molecule has 0 aliphatic heterocycles. The molecule has 7 nitrogen and oxygen atoms in total. The van der Waals surface area contributed by atoms with Gasteiger partial charge in [-0.3, -0.25) is 9.59 Å². The zero-order valence-corrected chi connectivity index (χ0v) is 15.6. The Morgan fingerprint density at radius 2 is 2.00 bits per heavy atom. The van der Waals surface area contributed by atoms with E-state index in [1.807, 2.05) is 36.5 Å². The van der Waals surface area contributed by atoms with E-state index in [-0.39, 0.29) is 18.2 Å². The Balaban J connectivity index is 1.53. The van der Waals surface area contributed by atoms with Crippen molar-refractivity contribution in [1.29, 1.82) is 0 Å². The number of hydrogen-bond acceptors (Lipinski definition) is 4. The number of carbonyl (C=O) groups is 2. The molecule has 2 amide bonds. The Morgan fingerprint density at radius 3 is 2.69 bits per heavy atom. The first-order valence-electron chi connectivity index (χ1n) is 7.89. The third-order valence-corrected chi connectivity index (χ3v) is 4.13. The fourth-order valence-electron chi connectivity index (χ4n) is 2.34. The summed E-state index contributed by atoms with van der Waals surface area (Å²) in [6.45, 7) is 0.286. The van der Waals surface area contributed by atoms with Crippen LogP contribution in [0.1, 0.15) is 16.1 Å². The molecular formula is C18H17BrN4O3. The number of benzene rings is 1. The van der Waals surface area contributed by atoms with Crippen molar-refractivity contribution in [3.05, 3.63) is 70.9 Å². The molecule has 0 atom stereocenters. The monoisotopic (exact) mass is 416 g/mol. The summed E-state index contributed by atoms with van der Waals surface area (Å²) in [5, 5.41) is 6.85. The van der Waals surface area contributed by atoms with Crippen LogP contribution in [0.25, 0.3) is 5.69 Å². The van der Waals surface area contributed by atoms with E-state index in [1.54, 1.807) is 24.0 Å². The van der Waals surface area contributed by atoms with Crippen LogP contribution in [0.3, 0.4) is 0 Å². The highest BCUT2D eigenvalue weighted by atomic mass is 79.9. The van der Waals surface area contributed by atoms with Gasteiger partial charge in [-0.25, -0.2) is 4.68 Å². The topological polar surface area (TPSA) is 80.4 Å². The molecule has 0 spiro atoms. The smallest absolute Gasteiger partial charge is 0.287 e. The van der Waals surface area contributed by atoms with Crippen molar-refractivity contribution in [2.75, 3.05) is 13.6 Å². The molecule has 3 rings (SSSR count). The van der Waals surface area contributed by atoms with Crippen LogP contribution in [0.4, 0.5) is 0 Å². The van der Waals surface area contributed by atoms with E-state index in [0.717, 1.165) is 11.3 Å². The van der Waals surface area contributed by atoms with Crippen LogP contribution in [0.2, 0.25) is 0 Å². The van der Waals surface area contributed by atoms with E-state index in [1.165, 1.54) is 11.0 Å². The SMILES string of the molecule is CN(Cc1cnn(-c2ccccc2)c1)C(=O)CNC(=O)c1ccc(Br)o1. The summed E-state index contributed by atoms with van der Waals surface area (Å²) in [5.41, 5.74) is 1.84. The Bertz CT molecular complexity index is 904. The number of rotatable bonds is 6. The molecule has 0 saturated heterocycles. The lowest BCUT2D eigenvalue weighted by Crippen LogP contribution is -2.37. The molecule has 134 valence electrons. The third-order valence-electron chi connectivity index (χ3n) is 3.70. The highest BCUT2D eigenvalue weighted by Crippen LogP contribution is 2.13. The highest BCUT2D eigenvalue weighted by Gasteiger charge is 2.15. The Labute approximate surface area is 158 Å². The molecule has 0 aliphatic carbocycles. The van der Waals surface area contributed by atoms with E-state index < -0.39 is 5.91 Å². The fourth-order valence-corrected chi connectivity index (χ4v) is 2.65. The maximum absolute atomic E-state index is 12.2. The third kappa shape index (κ3) is 4.40. The average molecular weight is 417 g/mol. The molecule has 2 heterocycles. The van der Waals surface area contributed by atoms with Crippen molar-refractivity contribution in [3.8, 4) is 5.69 Å². The van der Waals surface area contributed by atoms with Gasteiger partial charge in [-0.2, -0.15) is 5.10 Å². The molecule has 0 bridgehead atoms. The quantitative estimate of drug-likeness (QED) is 0.669. The van der Waals surface area contributed by atoms with Gasteiger partial charge in [-0.05, 0) is 40.2 Å². The number of halogens is 1. The minimum atomic E-state index is -0.436. The maximum Gasteiger partial charge on any atom is 0.287 e. The minimum absolute atomic E-state index is 0.111. The van der Waals surface area contributed by atoms with Crippen LogP contribution in [0.15, 0.2) is 63.9 Å². The average Bonchev–Trinajstić information content (AvgIpc) is 3.29. The number of furan rings is 1. The second-order valence-corrected chi connectivity index (χ2v) is 6.45. The van der Waals surface area contributed by atoms with Crippen molar-refractivity contribution in [3.63, 3.8) is 0 Å². The van der Waals surface area contributed by atoms with Crippen LogP contribution in [0, 0.1) is 0 Å². The molecule has 8 heteroatoms. The lowest BCUT2D eigenvalue weighted by atomic mass is 10.3. The summed E-state index contributed by atoms with van der Waals surface area (Å²) in [4.78, 5) is 25.6. The molecule has 26 heavy (non-hydrogen) atoms. The van der Waals surface area contributed by atoms with Crippen LogP contribution in [-0.2, 0) is 11.3 Å². The molecule has 1 N–H and O–H groups in total. The van der Waals surface area contributed by atoms with Gasteiger partial charge in [0.2, 0.25) is 5.91 Å². The Kier molecular flexibility index (Phi) is 5.52. The van der Waals surface area contributed by atoms with Gasteiger partial charge in [0.05, 0.1) is 18.4 Å². The number of likely N-dealkylation sites (N-methyl/N-ethyl adjacent to an activating group) is 1. The summed E-state index contributed by atoms with van der Waals surface area (Å²) in [7, 11) is 1.68. The second kappa shape index (κ2) is 8.01. The van der Waals surface area contributed by atoms with Gasteiger partial charge in [0.25, 0.3) is 5.91 Å². The predicted molar refractivity (Wildman–Crippen MR) is 98.8 cm³/mol. The van der Waals surface area contributed by atoms with E-state index in [9.17, 15) is 9.59 Å². The normalized spacial score (nSPS) is 10.5. The fraction of sp³-hybridized carbons (Fsp3) is 0.167. The number of carbonyl (C=O) groups excluding carboxylic acids is 2. The predicted octanol–water partition coefficient (Wildman–Crippen LogP) is 2.62. The van der Waals surface area contributed by atoms with Crippen LogP contribution in [0.5, 0.6) is 0 Å². The Morgan fingerprint density at radius 1 is 1.23 bits per heavy atom. The summed E-state index contributed by atoms with van der Waals surface area (Å²) in [6, 6.07) is 12.9. The van der Waals surface area contributed by atoms with E-state index in [0.29, 0.717) is 11.2 Å². The zero-order chi connectivity index (χ0) is 18.5. The van der Waals surface area contributed by atoms with Gasteiger partial charge in [-0.15, -0.1) is 0 Å². The van der Waals surface area contributed by atoms with Crippen LogP contribution < -0.4 is 5.32 Å². The number of amides is 2. The number of nitrogens with one attached hydrogen (secondary N) is 1. The van der Waals surface area contributed by atoms with Gasteiger partial charge >= 0.3 is 0 Å². The van der Waals surface area contributed by atoms with Crippen LogP contribution >= 0.6 is 15.9 Å². The number of para-hydroxylation sites is 1. The molecule has 0 radical (unpaired) electrons. The molecule has 0 saturated carbocycles. The number of hydrogen-bond donors (Lipinski definition) is 1. The Hall–Kier alpha value is -2.87. The molecule has 2 aromatic heterocycles. The molecular weight excluding hydrogens is 400 g/mol. The summed E-state index contributed by atoms with van der Waals surface area (Å²) >= 11 is 3.13. The number of nitrogens with zero attached hydrogens (tertiary/aromatic N) is 3. The lowest BCUT2D eigenvalue weighted by molar-refractivity contribution is -0.129. The lowest BCUT2D eigenvalue weighted by Gasteiger charge is -2.16. The highest BCUT2D eigenvalue weighted by molar-refractivity contribution is 9.10. The van der Waals surface area contributed by atoms with Crippen molar-refractivity contribution in [2.45, 2.75) is 6.54 Å². The van der Waals surface area contributed by atoms with Crippen molar-refractivity contribution < 1.29 is 14.0 Å². The largest absolute Gasteiger partial charge is 0.444 e. The minimum Gasteiger partial charge on any atom is -0.444 e. The second-order valence-electron chi connectivity index (χ2n) is 5.66. The van der Waals surface area contributed by atoms with Gasteiger partial charge in [0.15, 0.2) is 10.4 Å². The van der Waals surface area contributed by atoms with E-state index in [2.05, 4.69) is 26.3 Å².